The van der Waals surface area contributed by atoms with Gasteiger partial charge in [-0.25, -0.2) is 4.79 Å². The molecule has 0 saturated carbocycles. The molecule has 0 bridgehead atoms. The van der Waals surface area contributed by atoms with Crippen LogP contribution >= 0.6 is 0 Å². The van der Waals surface area contributed by atoms with Crippen LogP contribution in [0.4, 0.5) is 5.82 Å². The van der Waals surface area contributed by atoms with Crippen LogP contribution in [-0.4, -0.2) is 34.2 Å². The SMILES string of the molecule is CCCOc1ccccc1-n1nnc(C(=O)OCC)c1N. The molecule has 1 aromatic heterocycles. The van der Waals surface area contributed by atoms with Crippen molar-refractivity contribution < 1.29 is 14.3 Å². The van der Waals surface area contributed by atoms with Gasteiger partial charge in [0.1, 0.15) is 11.4 Å². The van der Waals surface area contributed by atoms with E-state index in [0.29, 0.717) is 18.0 Å². The number of aromatic nitrogens is 3. The lowest BCUT2D eigenvalue weighted by Crippen LogP contribution is -2.10. The van der Waals surface area contributed by atoms with Crippen molar-refractivity contribution in [3.8, 4) is 11.4 Å². The molecule has 1 aromatic carbocycles. The van der Waals surface area contributed by atoms with E-state index >= 15 is 0 Å². The molecule has 2 rings (SSSR count). The Bertz CT molecular complexity index is 624. The normalized spacial score (nSPS) is 10.4. The molecule has 2 N–H and O–H groups in total. The summed E-state index contributed by atoms with van der Waals surface area (Å²) >= 11 is 0. The summed E-state index contributed by atoms with van der Waals surface area (Å²) < 4.78 is 11.9. The molecule has 112 valence electrons. The first-order valence-corrected chi connectivity index (χ1v) is 6.79. The van der Waals surface area contributed by atoms with Crippen molar-refractivity contribution in [1.82, 2.24) is 15.0 Å². The van der Waals surface area contributed by atoms with Crippen molar-refractivity contribution in [1.29, 1.82) is 0 Å². The van der Waals surface area contributed by atoms with Crippen LogP contribution in [0.3, 0.4) is 0 Å². The summed E-state index contributed by atoms with van der Waals surface area (Å²) in [5.74, 6) is 0.167. The van der Waals surface area contributed by atoms with Gasteiger partial charge in [0.05, 0.1) is 13.2 Å². The maximum Gasteiger partial charge on any atom is 0.362 e. The van der Waals surface area contributed by atoms with Crippen LogP contribution in [0, 0.1) is 0 Å². The maximum absolute atomic E-state index is 11.7. The summed E-state index contributed by atoms with van der Waals surface area (Å²) in [6, 6.07) is 7.30. The molecule has 0 unspecified atom stereocenters. The highest BCUT2D eigenvalue weighted by atomic mass is 16.5. The Labute approximate surface area is 122 Å². The van der Waals surface area contributed by atoms with E-state index in [2.05, 4.69) is 10.3 Å². The Morgan fingerprint density at radius 3 is 2.81 bits per heavy atom. The number of hydrogen-bond donors (Lipinski definition) is 1. The molecule has 2 aromatic rings. The van der Waals surface area contributed by atoms with Gasteiger partial charge in [-0.1, -0.05) is 24.3 Å². The molecule has 0 aliphatic carbocycles. The number of nitrogens with zero attached hydrogens (tertiary/aromatic N) is 3. The average molecular weight is 290 g/mol. The van der Waals surface area contributed by atoms with Gasteiger partial charge in [0.2, 0.25) is 5.69 Å². The molecule has 0 aliphatic heterocycles. The average Bonchev–Trinajstić information content (AvgIpc) is 2.87. The van der Waals surface area contributed by atoms with Crippen molar-refractivity contribution in [2.24, 2.45) is 0 Å². The molecule has 0 aliphatic rings. The lowest BCUT2D eigenvalue weighted by atomic mass is 10.3. The number of benzene rings is 1. The number of anilines is 1. The topological polar surface area (TPSA) is 92.3 Å². The van der Waals surface area contributed by atoms with E-state index in [4.69, 9.17) is 15.2 Å². The zero-order valence-electron chi connectivity index (χ0n) is 12.1. The minimum Gasteiger partial charge on any atom is -0.491 e. The smallest absolute Gasteiger partial charge is 0.362 e. The second-order valence-corrected chi connectivity index (χ2v) is 4.27. The fourth-order valence-electron chi connectivity index (χ4n) is 1.78. The molecule has 0 amide bonds. The molecular formula is C14H18N4O3. The number of nitrogen functional groups attached to an aromatic ring is 1. The maximum atomic E-state index is 11.7. The van der Waals surface area contributed by atoms with Gasteiger partial charge < -0.3 is 15.2 Å². The van der Waals surface area contributed by atoms with Crippen molar-refractivity contribution in [2.45, 2.75) is 20.3 Å². The molecule has 7 heteroatoms. The highest BCUT2D eigenvalue weighted by Gasteiger charge is 2.20. The standard InChI is InChI=1S/C14H18N4O3/c1-3-9-21-11-8-6-5-7-10(11)18-13(15)12(16-17-18)14(19)20-4-2/h5-8H,3-4,9,15H2,1-2H3. The summed E-state index contributed by atoms with van der Waals surface area (Å²) in [6.07, 6.45) is 0.884. The van der Waals surface area contributed by atoms with E-state index in [9.17, 15) is 4.79 Å². The Morgan fingerprint density at radius 1 is 1.33 bits per heavy atom. The van der Waals surface area contributed by atoms with Gasteiger partial charge in [0, 0.05) is 0 Å². The molecule has 0 radical (unpaired) electrons. The van der Waals surface area contributed by atoms with Crippen LogP contribution in [0.1, 0.15) is 30.8 Å². The van der Waals surface area contributed by atoms with E-state index in [-0.39, 0.29) is 18.1 Å². The highest BCUT2D eigenvalue weighted by Crippen LogP contribution is 2.25. The van der Waals surface area contributed by atoms with Gasteiger partial charge in [-0.15, -0.1) is 5.10 Å². The Morgan fingerprint density at radius 2 is 2.10 bits per heavy atom. The van der Waals surface area contributed by atoms with Gasteiger partial charge in [0.15, 0.2) is 5.82 Å². The van der Waals surface area contributed by atoms with Gasteiger partial charge in [-0.05, 0) is 25.5 Å². The van der Waals surface area contributed by atoms with E-state index in [1.807, 2.05) is 25.1 Å². The summed E-state index contributed by atoms with van der Waals surface area (Å²) in [5.41, 5.74) is 6.58. The fourth-order valence-corrected chi connectivity index (χ4v) is 1.78. The first-order chi connectivity index (χ1) is 10.2. The van der Waals surface area contributed by atoms with Crippen molar-refractivity contribution in [3.05, 3.63) is 30.0 Å². The number of carbonyl (C=O) groups excluding carboxylic acids is 1. The molecule has 1 heterocycles. The van der Waals surface area contributed by atoms with Gasteiger partial charge >= 0.3 is 5.97 Å². The van der Waals surface area contributed by atoms with Gasteiger partial charge in [-0.2, -0.15) is 4.68 Å². The molecule has 21 heavy (non-hydrogen) atoms. The van der Waals surface area contributed by atoms with Crippen molar-refractivity contribution in [2.75, 3.05) is 18.9 Å². The molecule has 7 nitrogen and oxygen atoms in total. The van der Waals surface area contributed by atoms with Crippen LogP contribution < -0.4 is 10.5 Å². The van der Waals surface area contributed by atoms with E-state index in [0.717, 1.165) is 6.42 Å². The quantitative estimate of drug-likeness (QED) is 0.816. The molecule has 0 saturated heterocycles. The number of ether oxygens (including phenoxy) is 2. The predicted octanol–water partition coefficient (Wildman–Crippen LogP) is 1.81. The second-order valence-electron chi connectivity index (χ2n) is 4.27. The van der Waals surface area contributed by atoms with Crippen LogP contribution in [0.15, 0.2) is 24.3 Å². The van der Waals surface area contributed by atoms with Gasteiger partial charge in [-0.3, -0.25) is 0 Å². The van der Waals surface area contributed by atoms with Crippen molar-refractivity contribution in [3.63, 3.8) is 0 Å². The van der Waals surface area contributed by atoms with Crippen LogP contribution in [0.5, 0.6) is 5.75 Å². The summed E-state index contributed by atoms with van der Waals surface area (Å²) in [7, 11) is 0. The third-order valence-electron chi connectivity index (χ3n) is 2.73. The molecular weight excluding hydrogens is 272 g/mol. The van der Waals surface area contributed by atoms with Gasteiger partial charge in [0.25, 0.3) is 0 Å². The fraction of sp³-hybridized carbons (Fsp3) is 0.357. The minimum absolute atomic E-state index is 0.00199. The van der Waals surface area contributed by atoms with Crippen molar-refractivity contribution >= 4 is 11.8 Å². The number of rotatable bonds is 6. The number of esters is 1. The second kappa shape index (κ2) is 6.74. The Hall–Kier alpha value is -2.57. The first-order valence-electron chi connectivity index (χ1n) is 6.79. The van der Waals surface area contributed by atoms with E-state index in [1.54, 1.807) is 13.0 Å². The van der Waals surface area contributed by atoms with Crippen LogP contribution in [-0.2, 0) is 4.74 Å². The van der Waals surface area contributed by atoms with E-state index < -0.39 is 5.97 Å². The lowest BCUT2D eigenvalue weighted by molar-refractivity contribution is 0.0520. The number of para-hydroxylation sites is 2. The predicted molar refractivity (Wildman–Crippen MR) is 77.5 cm³/mol. The zero-order chi connectivity index (χ0) is 15.2. The zero-order valence-corrected chi connectivity index (χ0v) is 12.1. The highest BCUT2D eigenvalue weighted by molar-refractivity contribution is 5.92. The number of carbonyl (C=O) groups is 1. The monoisotopic (exact) mass is 290 g/mol. The number of nitrogens with two attached hydrogens (primary N) is 1. The molecule has 0 spiro atoms. The first kappa shape index (κ1) is 14.8. The van der Waals surface area contributed by atoms with Crippen LogP contribution in [0.2, 0.25) is 0 Å². The summed E-state index contributed by atoms with van der Waals surface area (Å²) in [4.78, 5) is 11.7. The largest absolute Gasteiger partial charge is 0.491 e. The molecule has 0 atom stereocenters. The third-order valence-corrected chi connectivity index (χ3v) is 2.73. The van der Waals surface area contributed by atoms with Crippen LogP contribution in [0.25, 0.3) is 5.69 Å². The molecule has 0 fully saturated rings. The minimum atomic E-state index is -0.590. The Kier molecular flexibility index (Phi) is 4.76. The summed E-state index contributed by atoms with van der Waals surface area (Å²) in [5, 5.41) is 7.71. The number of hydrogen-bond acceptors (Lipinski definition) is 6. The van der Waals surface area contributed by atoms with E-state index in [1.165, 1.54) is 4.68 Å². The Balaban J connectivity index is 2.37. The summed E-state index contributed by atoms with van der Waals surface area (Å²) in [6.45, 7) is 4.56. The third kappa shape index (κ3) is 3.13. The lowest BCUT2D eigenvalue weighted by Gasteiger charge is -2.11.